The van der Waals surface area contributed by atoms with E-state index in [-0.39, 0.29) is 24.2 Å². The SMILES string of the molecule is Cc1cc(Nc2nc(N(C)c3c(F)cc(S(C)(=O)=O)cc3F)nc(-c3cnn(CCS(C)(=O)=O)c3C)c2C2CC2)n[nH]1. The predicted molar refractivity (Wildman–Crippen MR) is 154 cm³/mol. The van der Waals surface area contributed by atoms with Crippen LogP contribution in [0.5, 0.6) is 0 Å². The van der Waals surface area contributed by atoms with E-state index in [1.807, 2.05) is 6.92 Å². The van der Waals surface area contributed by atoms with Gasteiger partial charge in [0.2, 0.25) is 5.95 Å². The van der Waals surface area contributed by atoms with Gasteiger partial charge in [-0.1, -0.05) is 0 Å². The molecule has 2 N–H and O–H groups in total. The number of nitrogens with zero attached hydrogens (tertiary/aromatic N) is 6. The first-order valence-electron chi connectivity index (χ1n) is 13.0. The number of halogens is 2. The molecule has 1 aliphatic rings. The lowest BCUT2D eigenvalue weighted by molar-refractivity contribution is 0.569. The summed E-state index contributed by atoms with van der Waals surface area (Å²) in [5, 5.41) is 14.7. The number of aryl methyl sites for hydroxylation is 2. The molecule has 0 atom stereocenters. The van der Waals surface area contributed by atoms with Crippen LogP contribution >= 0.6 is 0 Å². The third-order valence-corrected chi connectivity index (χ3v) is 8.97. The minimum Gasteiger partial charge on any atom is -0.323 e. The van der Waals surface area contributed by atoms with E-state index in [4.69, 9.17) is 4.98 Å². The highest BCUT2D eigenvalue weighted by atomic mass is 32.2. The lowest BCUT2D eigenvalue weighted by atomic mass is 10.0. The Morgan fingerprint density at radius 3 is 2.29 bits per heavy atom. The molecule has 3 aromatic heterocycles. The van der Waals surface area contributed by atoms with E-state index in [0.29, 0.717) is 28.6 Å². The number of aromatic nitrogens is 6. The highest BCUT2D eigenvalue weighted by Crippen LogP contribution is 2.48. The van der Waals surface area contributed by atoms with Crippen LogP contribution in [0, 0.1) is 25.5 Å². The quantitative estimate of drug-likeness (QED) is 0.267. The van der Waals surface area contributed by atoms with E-state index in [1.54, 1.807) is 23.9 Å². The van der Waals surface area contributed by atoms with E-state index in [1.165, 1.54) is 7.05 Å². The molecule has 1 aliphatic carbocycles. The van der Waals surface area contributed by atoms with Crippen LogP contribution in [0.4, 0.5) is 32.1 Å². The Kier molecular flexibility index (Phi) is 7.55. The molecule has 1 fully saturated rings. The fourth-order valence-corrected chi connectivity index (χ4v) is 5.74. The van der Waals surface area contributed by atoms with Gasteiger partial charge in [-0.05, 0) is 44.7 Å². The summed E-state index contributed by atoms with van der Waals surface area (Å²) in [6.45, 7) is 3.77. The lowest BCUT2D eigenvalue weighted by Crippen LogP contribution is -2.19. The van der Waals surface area contributed by atoms with Crippen LogP contribution in [0.25, 0.3) is 11.3 Å². The largest absolute Gasteiger partial charge is 0.323 e. The van der Waals surface area contributed by atoms with Crippen LogP contribution in [0.15, 0.2) is 29.3 Å². The Bertz CT molecular complexity index is 1880. The number of rotatable bonds is 10. The van der Waals surface area contributed by atoms with Crippen molar-refractivity contribution >= 4 is 42.9 Å². The number of aromatic amines is 1. The van der Waals surface area contributed by atoms with Crippen LogP contribution in [-0.4, -0.2) is 72.1 Å². The maximum absolute atomic E-state index is 15.2. The minimum atomic E-state index is -3.86. The monoisotopic (exact) mass is 620 g/mol. The van der Waals surface area contributed by atoms with Crippen molar-refractivity contribution < 1.29 is 25.6 Å². The van der Waals surface area contributed by atoms with Crippen molar-refractivity contribution in [3.8, 4) is 11.3 Å². The normalized spacial score (nSPS) is 13.9. The van der Waals surface area contributed by atoms with E-state index in [0.717, 1.165) is 53.6 Å². The predicted octanol–water partition coefficient (Wildman–Crippen LogP) is 3.80. The van der Waals surface area contributed by atoms with E-state index < -0.39 is 41.9 Å². The molecule has 5 rings (SSSR count). The highest BCUT2D eigenvalue weighted by molar-refractivity contribution is 7.91. The fourth-order valence-electron chi connectivity index (χ4n) is 4.60. The van der Waals surface area contributed by atoms with Crippen molar-refractivity contribution in [1.82, 2.24) is 29.9 Å². The summed E-state index contributed by atoms with van der Waals surface area (Å²) in [6, 6.07) is 3.29. The third kappa shape index (κ3) is 6.13. The highest BCUT2D eigenvalue weighted by Gasteiger charge is 2.34. The Hall–Kier alpha value is -3.92. The van der Waals surface area contributed by atoms with Gasteiger partial charge in [0, 0.05) is 48.1 Å². The van der Waals surface area contributed by atoms with Crippen molar-refractivity contribution in [2.24, 2.45) is 0 Å². The molecule has 0 radical (unpaired) electrons. The molecule has 42 heavy (non-hydrogen) atoms. The zero-order valence-electron chi connectivity index (χ0n) is 23.6. The standard InChI is InChI=1S/C26H30F2N8O4S2/c1-14-10-21(34-33-14)30-25-22(16-6-7-16)23(18-13-29-36(15(18)2)8-9-41(4,37)38)31-26(32-25)35(3)24-19(27)11-17(12-20(24)28)42(5,39)40/h10-13,16H,6-9H2,1-5H3,(H2,30,31,32,33,34). The summed E-state index contributed by atoms with van der Waals surface area (Å²) in [5.41, 5.74) is 2.78. The molecule has 0 saturated heterocycles. The zero-order chi connectivity index (χ0) is 30.6. The van der Waals surface area contributed by atoms with Crippen molar-refractivity contribution in [2.45, 2.75) is 44.0 Å². The molecular formula is C26H30F2N8O4S2. The second kappa shape index (κ2) is 10.7. The first-order chi connectivity index (χ1) is 19.6. The number of anilines is 4. The number of benzene rings is 1. The van der Waals surface area contributed by atoms with Crippen LogP contribution in [0.1, 0.15) is 35.7 Å². The van der Waals surface area contributed by atoms with Crippen molar-refractivity contribution in [3.63, 3.8) is 0 Å². The molecule has 12 nitrogen and oxygen atoms in total. The summed E-state index contributed by atoms with van der Waals surface area (Å²) < 4.78 is 79.4. The second-order valence-corrected chi connectivity index (χ2v) is 14.8. The fraction of sp³-hybridized carbons (Fsp3) is 0.385. The summed E-state index contributed by atoms with van der Waals surface area (Å²) in [6.07, 6.45) is 5.35. The Morgan fingerprint density at radius 1 is 1.07 bits per heavy atom. The van der Waals surface area contributed by atoms with Gasteiger partial charge < -0.3 is 10.2 Å². The number of nitrogens with one attached hydrogen (secondary N) is 2. The first kappa shape index (κ1) is 29.6. The van der Waals surface area contributed by atoms with E-state index in [9.17, 15) is 16.8 Å². The van der Waals surface area contributed by atoms with Gasteiger partial charge in [0.25, 0.3) is 0 Å². The Morgan fingerprint density at radius 2 is 1.74 bits per heavy atom. The zero-order valence-corrected chi connectivity index (χ0v) is 25.2. The molecule has 0 unspecified atom stereocenters. The molecule has 0 bridgehead atoms. The van der Waals surface area contributed by atoms with Gasteiger partial charge in [0.15, 0.2) is 27.3 Å². The molecular weight excluding hydrogens is 590 g/mol. The van der Waals surface area contributed by atoms with Gasteiger partial charge in [-0.15, -0.1) is 0 Å². The minimum absolute atomic E-state index is 0.0719. The summed E-state index contributed by atoms with van der Waals surface area (Å²) in [4.78, 5) is 10.0. The van der Waals surface area contributed by atoms with Crippen molar-refractivity contribution in [3.05, 3.63) is 53.0 Å². The van der Waals surface area contributed by atoms with Crippen molar-refractivity contribution in [2.75, 3.05) is 35.5 Å². The Balaban J connectivity index is 1.68. The molecule has 1 saturated carbocycles. The number of hydrogen-bond acceptors (Lipinski definition) is 10. The summed E-state index contributed by atoms with van der Waals surface area (Å²) in [5.74, 6) is -1.42. The topological polar surface area (TPSA) is 156 Å². The van der Waals surface area contributed by atoms with E-state index >= 15 is 8.78 Å². The number of H-pyrrole nitrogens is 1. The van der Waals surface area contributed by atoms with Gasteiger partial charge in [0.05, 0.1) is 29.1 Å². The van der Waals surface area contributed by atoms with Gasteiger partial charge >= 0.3 is 0 Å². The molecule has 16 heteroatoms. The van der Waals surface area contributed by atoms with Crippen LogP contribution in [0.2, 0.25) is 0 Å². The molecule has 224 valence electrons. The molecule has 1 aromatic carbocycles. The van der Waals surface area contributed by atoms with E-state index in [2.05, 4.69) is 25.6 Å². The average Bonchev–Trinajstić information content (AvgIpc) is 3.53. The maximum atomic E-state index is 15.2. The molecule has 4 aromatic rings. The Labute approximate surface area is 242 Å². The third-order valence-electron chi connectivity index (χ3n) is 6.96. The van der Waals surface area contributed by atoms with Crippen LogP contribution in [0.3, 0.4) is 0 Å². The second-order valence-electron chi connectivity index (χ2n) is 10.5. The van der Waals surface area contributed by atoms with Crippen LogP contribution < -0.4 is 10.2 Å². The van der Waals surface area contributed by atoms with Gasteiger partial charge in [-0.3, -0.25) is 9.78 Å². The average molecular weight is 621 g/mol. The smallest absolute Gasteiger partial charge is 0.232 e. The summed E-state index contributed by atoms with van der Waals surface area (Å²) >= 11 is 0. The summed E-state index contributed by atoms with van der Waals surface area (Å²) in [7, 11) is -5.72. The lowest BCUT2D eigenvalue weighted by Gasteiger charge is -2.22. The molecule has 3 heterocycles. The van der Waals surface area contributed by atoms with Gasteiger partial charge in [-0.25, -0.2) is 30.6 Å². The molecule has 0 amide bonds. The molecule has 0 spiro atoms. The van der Waals surface area contributed by atoms with Crippen molar-refractivity contribution in [1.29, 1.82) is 0 Å². The van der Waals surface area contributed by atoms with Gasteiger partial charge in [-0.2, -0.15) is 15.2 Å². The maximum Gasteiger partial charge on any atom is 0.232 e. The first-order valence-corrected chi connectivity index (χ1v) is 16.9. The van der Waals surface area contributed by atoms with Crippen LogP contribution in [-0.2, 0) is 26.2 Å². The van der Waals surface area contributed by atoms with Gasteiger partial charge in [0.1, 0.15) is 21.3 Å². The number of hydrogen-bond donors (Lipinski definition) is 2. The number of sulfone groups is 2. The molecule has 0 aliphatic heterocycles.